The van der Waals surface area contributed by atoms with Gasteiger partial charge in [-0.25, -0.2) is 0 Å². The fourth-order valence-corrected chi connectivity index (χ4v) is 2.91. The molecule has 0 amide bonds. The van der Waals surface area contributed by atoms with E-state index in [1.165, 1.54) is 24.9 Å². The molecule has 1 aromatic carbocycles. The molecule has 0 radical (unpaired) electrons. The van der Waals surface area contributed by atoms with E-state index < -0.39 is 0 Å². The Morgan fingerprint density at radius 1 is 1.28 bits per heavy atom. The molecule has 1 saturated carbocycles. The van der Waals surface area contributed by atoms with Crippen molar-refractivity contribution in [3.63, 3.8) is 0 Å². The highest BCUT2D eigenvalue weighted by molar-refractivity contribution is 5.20. The van der Waals surface area contributed by atoms with Crippen molar-refractivity contribution in [2.45, 2.75) is 38.8 Å². The second kappa shape index (κ2) is 4.67. The van der Waals surface area contributed by atoms with Crippen LogP contribution in [0.1, 0.15) is 38.3 Å². The number of hydrogen-bond donors (Lipinski definition) is 1. The number of rotatable bonds is 3. The van der Waals surface area contributed by atoms with Gasteiger partial charge in [0.15, 0.2) is 0 Å². The third-order valence-electron chi connectivity index (χ3n) is 4.59. The molecule has 1 aromatic rings. The van der Waals surface area contributed by atoms with E-state index in [0.29, 0.717) is 17.5 Å². The summed E-state index contributed by atoms with van der Waals surface area (Å²) in [6.45, 7) is 8.31. The topological polar surface area (TPSA) is 15.3 Å². The highest BCUT2D eigenvalue weighted by atomic mass is 15.2. The lowest BCUT2D eigenvalue weighted by Gasteiger charge is -2.40. The molecule has 2 nitrogen and oxygen atoms in total. The smallest absolute Gasteiger partial charge is 0.0449 e. The molecule has 3 rings (SSSR count). The normalized spacial score (nSPS) is 31.2. The highest BCUT2D eigenvalue weighted by Crippen LogP contribution is 2.46. The van der Waals surface area contributed by atoms with Crippen molar-refractivity contribution in [1.29, 1.82) is 0 Å². The van der Waals surface area contributed by atoms with Gasteiger partial charge in [-0.05, 0) is 30.7 Å². The molecule has 1 saturated heterocycles. The Bertz CT molecular complexity index is 397. The van der Waals surface area contributed by atoms with Crippen molar-refractivity contribution in [2.24, 2.45) is 5.41 Å². The standard InChI is InChI=1S/C16H24N2/c1-13-10-17-15(14-6-4-3-5-7-14)11-18(13)12-16(2)8-9-16/h3-7,13,15,17H,8-12H2,1-2H3. The van der Waals surface area contributed by atoms with Crippen LogP contribution in [0.15, 0.2) is 30.3 Å². The molecule has 1 aliphatic heterocycles. The van der Waals surface area contributed by atoms with E-state index in [0.717, 1.165) is 13.1 Å². The van der Waals surface area contributed by atoms with E-state index in [4.69, 9.17) is 0 Å². The predicted molar refractivity (Wildman–Crippen MR) is 75.6 cm³/mol. The minimum absolute atomic E-state index is 0.504. The van der Waals surface area contributed by atoms with E-state index in [9.17, 15) is 0 Å². The Balaban J connectivity index is 1.68. The van der Waals surface area contributed by atoms with Gasteiger partial charge in [0.1, 0.15) is 0 Å². The van der Waals surface area contributed by atoms with Gasteiger partial charge in [-0.1, -0.05) is 37.3 Å². The first-order chi connectivity index (χ1) is 8.66. The van der Waals surface area contributed by atoms with Crippen LogP contribution in [0.25, 0.3) is 0 Å². The lowest BCUT2D eigenvalue weighted by atomic mass is 10.00. The second-order valence-corrected chi connectivity index (χ2v) is 6.46. The summed E-state index contributed by atoms with van der Waals surface area (Å²) >= 11 is 0. The zero-order valence-electron chi connectivity index (χ0n) is 11.5. The third-order valence-corrected chi connectivity index (χ3v) is 4.59. The van der Waals surface area contributed by atoms with Gasteiger partial charge in [0.25, 0.3) is 0 Å². The van der Waals surface area contributed by atoms with Crippen LogP contribution in [0.3, 0.4) is 0 Å². The Morgan fingerprint density at radius 3 is 2.67 bits per heavy atom. The van der Waals surface area contributed by atoms with Crippen LogP contribution in [0.2, 0.25) is 0 Å². The Kier molecular flexibility index (Phi) is 3.16. The first-order valence-corrected chi connectivity index (χ1v) is 7.19. The van der Waals surface area contributed by atoms with Crippen molar-refractivity contribution < 1.29 is 0 Å². The summed E-state index contributed by atoms with van der Waals surface area (Å²) in [6.07, 6.45) is 2.83. The van der Waals surface area contributed by atoms with Crippen LogP contribution in [-0.4, -0.2) is 30.6 Å². The molecule has 18 heavy (non-hydrogen) atoms. The molecule has 2 heteroatoms. The number of nitrogens with zero attached hydrogens (tertiary/aromatic N) is 1. The molecule has 2 atom stereocenters. The van der Waals surface area contributed by atoms with Crippen LogP contribution in [-0.2, 0) is 0 Å². The summed E-state index contributed by atoms with van der Waals surface area (Å²) in [5.41, 5.74) is 2.04. The monoisotopic (exact) mass is 244 g/mol. The van der Waals surface area contributed by atoms with Gasteiger partial charge in [0, 0.05) is 31.7 Å². The average Bonchev–Trinajstić information content (AvgIpc) is 3.11. The fourth-order valence-electron chi connectivity index (χ4n) is 2.91. The van der Waals surface area contributed by atoms with Gasteiger partial charge >= 0.3 is 0 Å². The van der Waals surface area contributed by atoms with Gasteiger partial charge in [-0.3, -0.25) is 4.90 Å². The first-order valence-electron chi connectivity index (χ1n) is 7.19. The van der Waals surface area contributed by atoms with E-state index in [-0.39, 0.29) is 0 Å². The Labute approximate surface area is 110 Å². The number of nitrogens with one attached hydrogen (secondary N) is 1. The van der Waals surface area contributed by atoms with Crippen LogP contribution >= 0.6 is 0 Å². The van der Waals surface area contributed by atoms with Crippen molar-refractivity contribution in [1.82, 2.24) is 10.2 Å². The molecular formula is C16H24N2. The van der Waals surface area contributed by atoms with Crippen LogP contribution < -0.4 is 5.32 Å². The average molecular weight is 244 g/mol. The molecular weight excluding hydrogens is 220 g/mol. The molecule has 2 unspecified atom stereocenters. The zero-order chi connectivity index (χ0) is 12.6. The van der Waals surface area contributed by atoms with Crippen LogP contribution in [0.4, 0.5) is 0 Å². The summed E-state index contributed by atoms with van der Waals surface area (Å²) in [4.78, 5) is 2.68. The van der Waals surface area contributed by atoms with E-state index in [2.05, 4.69) is 54.4 Å². The van der Waals surface area contributed by atoms with Crippen LogP contribution in [0, 0.1) is 5.41 Å². The molecule has 1 aliphatic carbocycles. The van der Waals surface area contributed by atoms with Gasteiger partial charge < -0.3 is 5.32 Å². The van der Waals surface area contributed by atoms with E-state index in [1.54, 1.807) is 0 Å². The second-order valence-electron chi connectivity index (χ2n) is 6.46. The summed E-state index contributed by atoms with van der Waals surface area (Å²) in [5, 5.41) is 3.68. The largest absolute Gasteiger partial charge is 0.307 e. The molecule has 0 aromatic heterocycles. The van der Waals surface area contributed by atoms with Gasteiger partial charge in [0.05, 0.1) is 0 Å². The summed E-state index contributed by atoms with van der Waals surface area (Å²) in [5.74, 6) is 0. The molecule has 0 spiro atoms. The maximum absolute atomic E-state index is 3.68. The summed E-state index contributed by atoms with van der Waals surface area (Å²) < 4.78 is 0. The molecule has 2 fully saturated rings. The van der Waals surface area contributed by atoms with Crippen LogP contribution in [0.5, 0.6) is 0 Å². The maximum Gasteiger partial charge on any atom is 0.0449 e. The Morgan fingerprint density at radius 2 is 2.00 bits per heavy atom. The van der Waals surface area contributed by atoms with Gasteiger partial charge in [-0.2, -0.15) is 0 Å². The number of benzene rings is 1. The van der Waals surface area contributed by atoms with E-state index >= 15 is 0 Å². The molecule has 2 aliphatic rings. The fraction of sp³-hybridized carbons (Fsp3) is 0.625. The molecule has 1 heterocycles. The highest BCUT2D eigenvalue weighted by Gasteiger charge is 2.40. The predicted octanol–water partition coefficient (Wildman–Crippen LogP) is 2.82. The zero-order valence-corrected chi connectivity index (χ0v) is 11.5. The molecule has 0 bridgehead atoms. The molecule has 98 valence electrons. The van der Waals surface area contributed by atoms with Crippen molar-refractivity contribution in [3.05, 3.63) is 35.9 Å². The molecule has 1 N–H and O–H groups in total. The van der Waals surface area contributed by atoms with Crippen molar-refractivity contribution in [2.75, 3.05) is 19.6 Å². The number of piperazine rings is 1. The Hall–Kier alpha value is -0.860. The third kappa shape index (κ3) is 2.60. The summed E-state index contributed by atoms with van der Waals surface area (Å²) in [6, 6.07) is 12.0. The minimum atomic E-state index is 0.504. The minimum Gasteiger partial charge on any atom is -0.307 e. The van der Waals surface area contributed by atoms with E-state index in [1.807, 2.05) is 0 Å². The lowest BCUT2D eigenvalue weighted by Crippen LogP contribution is -2.52. The SMILES string of the molecule is CC1CNC(c2ccccc2)CN1CC1(C)CC1. The van der Waals surface area contributed by atoms with Gasteiger partial charge in [0.2, 0.25) is 0 Å². The maximum atomic E-state index is 3.68. The number of hydrogen-bond acceptors (Lipinski definition) is 2. The quantitative estimate of drug-likeness (QED) is 0.879. The first kappa shape index (κ1) is 12.2. The van der Waals surface area contributed by atoms with Crippen molar-refractivity contribution in [3.8, 4) is 0 Å². The van der Waals surface area contributed by atoms with Gasteiger partial charge in [-0.15, -0.1) is 0 Å². The summed E-state index contributed by atoms with van der Waals surface area (Å²) in [7, 11) is 0. The lowest BCUT2D eigenvalue weighted by molar-refractivity contribution is 0.117. The van der Waals surface area contributed by atoms with Crippen molar-refractivity contribution >= 4 is 0 Å².